The summed E-state index contributed by atoms with van der Waals surface area (Å²) in [6, 6.07) is 0. The lowest BCUT2D eigenvalue weighted by atomic mass is 10.3. The highest BCUT2D eigenvalue weighted by Crippen LogP contribution is 2.14. The number of ether oxygens (including phenoxy) is 1. The summed E-state index contributed by atoms with van der Waals surface area (Å²) in [5, 5.41) is 5.04. The summed E-state index contributed by atoms with van der Waals surface area (Å²) in [6.07, 6.45) is 0.656. The molecular formula is C12H18ClN3O3S. The molecule has 112 valence electrons. The number of amides is 2. The van der Waals surface area contributed by atoms with Crippen molar-refractivity contribution in [1.29, 1.82) is 0 Å². The Kier molecular flexibility index (Phi) is 7.50. The van der Waals surface area contributed by atoms with Crippen LogP contribution < -0.4 is 5.32 Å². The van der Waals surface area contributed by atoms with Crippen LogP contribution in [-0.4, -0.2) is 54.4 Å². The van der Waals surface area contributed by atoms with Gasteiger partial charge in [0.25, 0.3) is 0 Å². The lowest BCUT2D eigenvalue weighted by Gasteiger charge is -2.20. The fraction of sp³-hybridized carbons (Fsp3) is 0.583. The largest absolute Gasteiger partial charge is 0.385 e. The van der Waals surface area contributed by atoms with Crippen LogP contribution in [0.5, 0.6) is 0 Å². The first-order chi connectivity index (χ1) is 9.56. The van der Waals surface area contributed by atoms with Gasteiger partial charge in [0.2, 0.25) is 11.8 Å². The van der Waals surface area contributed by atoms with Crippen LogP contribution in [0.25, 0.3) is 0 Å². The van der Waals surface area contributed by atoms with Crippen molar-refractivity contribution in [2.45, 2.75) is 13.3 Å². The van der Waals surface area contributed by atoms with Gasteiger partial charge in [-0.05, 0) is 13.3 Å². The average molecular weight is 320 g/mol. The van der Waals surface area contributed by atoms with E-state index in [1.165, 1.54) is 16.2 Å². The zero-order valence-corrected chi connectivity index (χ0v) is 13.1. The molecule has 0 unspecified atom stereocenters. The highest BCUT2D eigenvalue weighted by atomic mass is 35.5. The van der Waals surface area contributed by atoms with Gasteiger partial charge in [0.1, 0.15) is 5.88 Å². The van der Waals surface area contributed by atoms with Crippen molar-refractivity contribution in [2.75, 3.05) is 38.0 Å². The van der Waals surface area contributed by atoms with Crippen LogP contribution in [0.4, 0.5) is 5.13 Å². The van der Waals surface area contributed by atoms with E-state index in [9.17, 15) is 9.59 Å². The van der Waals surface area contributed by atoms with Gasteiger partial charge in [-0.15, -0.1) is 22.9 Å². The summed E-state index contributed by atoms with van der Waals surface area (Å²) in [4.78, 5) is 29.1. The maximum atomic E-state index is 11.9. The molecule has 1 aromatic rings. The SMILES string of the molecule is COCCCN(CC(=O)Nc1nc(C)cs1)C(=O)CCl. The lowest BCUT2D eigenvalue weighted by molar-refractivity contribution is -0.132. The topological polar surface area (TPSA) is 71.5 Å². The quantitative estimate of drug-likeness (QED) is 0.582. The third-order valence-corrected chi connectivity index (χ3v) is 3.55. The zero-order chi connectivity index (χ0) is 15.0. The minimum absolute atomic E-state index is 0.0338. The molecule has 20 heavy (non-hydrogen) atoms. The summed E-state index contributed by atoms with van der Waals surface area (Å²) in [6.45, 7) is 2.77. The van der Waals surface area contributed by atoms with Gasteiger partial charge in [0, 0.05) is 25.6 Å². The maximum Gasteiger partial charge on any atom is 0.245 e. The molecule has 1 N–H and O–H groups in total. The van der Waals surface area contributed by atoms with Gasteiger partial charge in [0.15, 0.2) is 5.13 Å². The molecule has 0 aliphatic heterocycles. The average Bonchev–Trinajstić information content (AvgIpc) is 2.82. The molecular weight excluding hydrogens is 302 g/mol. The van der Waals surface area contributed by atoms with Crippen LogP contribution in [0.15, 0.2) is 5.38 Å². The molecule has 0 fully saturated rings. The van der Waals surface area contributed by atoms with E-state index in [1.807, 2.05) is 12.3 Å². The molecule has 0 saturated heterocycles. The summed E-state index contributed by atoms with van der Waals surface area (Å²) in [5.41, 5.74) is 0.846. The number of rotatable bonds is 8. The Balaban J connectivity index is 2.50. The first-order valence-corrected chi connectivity index (χ1v) is 7.53. The van der Waals surface area contributed by atoms with Gasteiger partial charge < -0.3 is 15.0 Å². The van der Waals surface area contributed by atoms with Gasteiger partial charge in [-0.25, -0.2) is 4.98 Å². The van der Waals surface area contributed by atoms with Crippen LogP contribution in [0.1, 0.15) is 12.1 Å². The first-order valence-electron chi connectivity index (χ1n) is 6.11. The second-order valence-corrected chi connectivity index (χ2v) is 5.26. The van der Waals surface area contributed by atoms with E-state index in [0.717, 1.165) is 5.69 Å². The summed E-state index contributed by atoms with van der Waals surface area (Å²) in [5.74, 6) is -0.695. The van der Waals surface area contributed by atoms with Crippen LogP contribution in [0.3, 0.4) is 0 Å². The van der Waals surface area contributed by atoms with Gasteiger partial charge in [-0.1, -0.05) is 0 Å². The number of aromatic nitrogens is 1. The minimum atomic E-state index is -0.282. The number of carbonyl (C=O) groups excluding carboxylic acids is 2. The van der Waals surface area contributed by atoms with Crippen molar-refractivity contribution in [1.82, 2.24) is 9.88 Å². The van der Waals surface area contributed by atoms with Gasteiger partial charge in [0.05, 0.1) is 12.2 Å². The number of nitrogens with one attached hydrogen (secondary N) is 1. The highest BCUT2D eigenvalue weighted by Gasteiger charge is 2.16. The Morgan fingerprint density at radius 2 is 2.30 bits per heavy atom. The normalized spacial score (nSPS) is 10.3. The molecule has 0 aliphatic carbocycles. The molecule has 6 nitrogen and oxygen atoms in total. The van der Waals surface area contributed by atoms with Crippen molar-refractivity contribution in [3.8, 4) is 0 Å². The summed E-state index contributed by atoms with van der Waals surface area (Å²) >= 11 is 6.89. The standard InChI is InChI=1S/C12H18ClN3O3S/c1-9-8-20-12(14-9)15-10(17)7-16(11(18)6-13)4-3-5-19-2/h8H,3-7H2,1-2H3,(H,14,15,17). The number of hydrogen-bond acceptors (Lipinski definition) is 5. The van der Waals surface area contributed by atoms with Crippen molar-refractivity contribution in [3.63, 3.8) is 0 Å². The molecule has 8 heteroatoms. The fourth-order valence-electron chi connectivity index (χ4n) is 1.52. The predicted octanol–water partition coefficient (Wildman–Crippen LogP) is 1.49. The number of hydrogen-bond donors (Lipinski definition) is 1. The number of methoxy groups -OCH3 is 1. The van der Waals surface area contributed by atoms with E-state index >= 15 is 0 Å². The van der Waals surface area contributed by atoms with Crippen LogP contribution in [0.2, 0.25) is 0 Å². The number of alkyl halides is 1. The molecule has 1 heterocycles. The first kappa shape index (κ1) is 16.9. The van der Waals surface area contributed by atoms with Crippen molar-refractivity contribution < 1.29 is 14.3 Å². The van der Waals surface area contributed by atoms with E-state index in [4.69, 9.17) is 16.3 Å². The summed E-state index contributed by atoms with van der Waals surface area (Å²) in [7, 11) is 1.59. The number of halogens is 1. The van der Waals surface area contributed by atoms with Crippen LogP contribution in [-0.2, 0) is 14.3 Å². The number of carbonyl (C=O) groups is 2. The Hall–Kier alpha value is -1.18. The van der Waals surface area contributed by atoms with Crippen molar-refractivity contribution in [2.24, 2.45) is 0 Å². The van der Waals surface area contributed by atoms with E-state index in [-0.39, 0.29) is 24.2 Å². The predicted molar refractivity (Wildman–Crippen MR) is 79.3 cm³/mol. The van der Waals surface area contributed by atoms with E-state index in [0.29, 0.717) is 24.7 Å². The number of anilines is 1. The number of thiazole rings is 1. The highest BCUT2D eigenvalue weighted by molar-refractivity contribution is 7.13. The molecule has 0 spiro atoms. The van der Waals surface area contributed by atoms with Crippen molar-refractivity contribution >= 4 is 39.9 Å². The molecule has 0 radical (unpaired) electrons. The molecule has 1 rings (SSSR count). The molecule has 0 aliphatic rings. The maximum absolute atomic E-state index is 11.9. The minimum Gasteiger partial charge on any atom is -0.385 e. The molecule has 0 bridgehead atoms. The van der Waals surface area contributed by atoms with Crippen LogP contribution in [0, 0.1) is 6.92 Å². The van der Waals surface area contributed by atoms with Gasteiger partial charge in [-0.2, -0.15) is 0 Å². The Bertz CT molecular complexity index is 453. The van der Waals surface area contributed by atoms with E-state index < -0.39 is 0 Å². The second-order valence-electron chi connectivity index (χ2n) is 4.14. The smallest absolute Gasteiger partial charge is 0.245 e. The van der Waals surface area contributed by atoms with E-state index in [2.05, 4.69) is 10.3 Å². The molecule has 1 aromatic heterocycles. The Morgan fingerprint density at radius 3 is 2.85 bits per heavy atom. The fourth-order valence-corrected chi connectivity index (χ4v) is 2.39. The number of aryl methyl sites for hydroxylation is 1. The second kappa shape index (κ2) is 8.89. The monoisotopic (exact) mass is 319 g/mol. The van der Waals surface area contributed by atoms with Gasteiger partial charge >= 0.3 is 0 Å². The van der Waals surface area contributed by atoms with Crippen LogP contribution >= 0.6 is 22.9 Å². The zero-order valence-electron chi connectivity index (χ0n) is 11.5. The Labute approximate surface area is 127 Å². The van der Waals surface area contributed by atoms with Gasteiger partial charge in [-0.3, -0.25) is 9.59 Å². The third kappa shape index (κ3) is 5.85. The van der Waals surface area contributed by atoms with Crippen molar-refractivity contribution in [3.05, 3.63) is 11.1 Å². The molecule has 0 aromatic carbocycles. The molecule has 0 atom stereocenters. The molecule has 2 amide bonds. The molecule has 0 saturated carbocycles. The van der Waals surface area contributed by atoms with E-state index in [1.54, 1.807) is 7.11 Å². The lowest BCUT2D eigenvalue weighted by Crippen LogP contribution is -2.39. The summed E-state index contributed by atoms with van der Waals surface area (Å²) < 4.78 is 4.93. The third-order valence-electron chi connectivity index (χ3n) is 2.44. The number of nitrogens with zero attached hydrogens (tertiary/aromatic N) is 2. The Morgan fingerprint density at radius 1 is 1.55 bits per heavy atom.